The molecule has 1 N–H and O–H groups in total. The van der Waals surface area contributed by atoms with Crippen molar-refractivity contribution in [2.75, 3.05) is 11.9 Å². The van der Waals surface area contributed by atoms with E-state index in [0.29, 0.717) is 0 Å². The van der Waals surface area contributed by atoms with Crippen LogP contribution in [-0.4, -0.2) is 16.7 Å². The molecule has 0 radical (unpaired) electrons. The van der Waals surface area contributed by atoms with Crippen LogP contribution >= 0.6 is 23.1 Å². The maximum atomic E-state index is 4.22. The second kappa shape index (κ2) is 6.91. The standard InChI is InChI=1S/C14H19N3S2/c1-4-7-15-14-17-16-13(19-14)9-18-12-8-10(2)5-6-11(12)3/h5-6,8H,4,7,9H2,1-3H3,(H,15,17). The summed E-state index contributed by atoms with van der Waals surface area (Å²) in [6, 6.07) is 6.56. The highest BCUT2D eigenvalue weighted by Crippen LogP contribution is 2.28. The van der Waals surface area contributed by atoms with Gasteiger partial charge >= 0.3 is 0 Å². The maximum absolute atomic E-state index is 4.22. The SMILES string of the molecule is CCCNc1nnc(CSc2cc(C)ccc2C)s1. The van der Waals surface area contributed by atoms with Gasteiger partial charge in [-0.2, -0.15) is 0 Å². The van der Waals surface area contributed by atoms with Gasteiger partial charge in [-0.05, 0) is 31.9 Å². The molecule has 0 fully saturated rings. The molecule has 19 heavy (non-hydrogen) atoms. The zero-order chi connectivity index (χ0) is 13.7. The molecule has 0 unspecified atom stereocenters. The van der Waals surface area contributed by atoms with E-state index in [1.807, 2.05) is 11.8 Å². The molecular weight excluding hydrogens is 274 g/mol. The van der Waals surface area contributed by atoms with Crippen molar-refractivity contribution >= 4 is 28.2 Å². The fourth-order valence-electron chi connectivity index (χ4n) is 1.62. The number of anilines is 1. The Morgan fingerprint density at radius 2 is 2.11 bits per heavy atom. The number of nitrogens with zero attached hydrogens (tertiary/aromatic N) is 2. The Hall–Kier alpha value is -1.07. The van der Waals surface area contributed by atoms with Crippen molar-refractivity contribution in [2.24, 2.45) is 0 Å². The molecule has 5 heteroatoms. The second-order valence-corrected chi connectivity index (χ2v) is 6.56. The van der Waals surface area contributed by atoms with Gasteiger partial charge in [0.2, 0.25) is 5.13 Å². The fraction of sp³-hybridized carbons (Fsp3) is 0.429. The van der Waals surface area contributed by atoms with Crippen molar-refractivity contribution in [3.05, 3.63) is 34.3 Å². The third kappa shape index (κ3) is 4.21. The molecular formula is C14H19N3S2. The summed E-state index contributed by atoms with van der Waals surface area (Å²) in [4.78, 5) is 1.33. The lowest BCUT2D eigenvalue weighted by Crippen LogP contribution is -1.98. The molecule has 0 aliphatic heterocycles. The largest absolute Gasteiger partial charge is 0.360 e. The Morgan fingerprint density at radius 1 is 1.26 bits per heavy atom. The smallest absolute Gasteiger partial charge is 0.205 e. The normalized spacial score (nSPS) is 10.7. The van der Waals surface area contributed by atoms with Crippen molar-refractivity contribution in [1.82, 2.24) is 10.2 Å². The lowest BCUT2D eigenvalue weighted by Gasteiger charge is -2.04. The average Bonchev–Trinajstić information content (AvgIpc) is 2.85. The van der Waals surface area contributed by atoms with Gasteiger partial charge in [-0.3, -0.25) is 0 Å². The third-order valence-electron chi connectivity index (χ3n) is 2.69. The first-order valence-corrected chi connectivity index (χ1v) is 8.25. The van der Waals surface area contributed by atoms with Gasteiger partial charge in [0.15, 0.2) is 0 Å². The molecule has 1 aromatic heterocycles. The molecule has 0 amide bonds. The van der Waals surface area contributed by atoms with Crippen molar-refractivity contribution in [1.29, 1.82) is 0 Å². The fourth-order valence-corrected chi connectivity index (χ4v) is 3.49. The van der Waals surface area contributed by atoms with Crippen LogP contribution in [0.2, 0.25) is 0 Å². The minimum absolute atomic E-state index is 0.885. The maximum Gasteiger partial charge on any atom is 0.205 e. The molecule has 0 aliphatic carbocycles. The molecule has 0 saturated carbocycles. The minimum atomic E-state index is 0.885. The predicted molar refractivity (Wildman–Crippen MR) is 84.2 cm³/mol. The van der Waals surface area contributed by atoms with Crippen molar-refractivity contribution < 1.29 is 0 Å². The van der Waals surface area contributed by atoms with E-state index in [-0.39, 0.29) is 0 Å². The van der Waals surface area contributed by atoms with Crippen LogP contribution in [0.25, 0.3) is 0 Å². The summed E-state index contributed by atoms with van der Waals surface area (Å²) in [7, 11) is 0. The summed E-state index contributed by atoms with van der Waals surface area (Å²) < 4.78 is 0. The van der Waals surface area contributed by atoms with E-state index in [9.17, 15) is 0 Å². The van der Waals surface area contributed by atoms with Crippen LogP contribution in [0.3, 0.4) is 0 Å². The van der Waals surface area contributed by atoms with Crippen LogP contribution in [0, 0.1) is 13.8 Å². The number of benzene rings is 1. The number of aryl methyl sites for hydroxylation is 2. The van der Waals surface area contributed by atoms with E-state index in [4.69, 9.17) is 0 Å². The van der Waals surface area contributed by atoms with Crippen LogP contribution in [0.15, 0.2) is 23.1 Å². The minimum Gasteiger partial charge on any atom is -0.360 e. The molecule has 0 bridgehead atoms. The molecule has 1 heterocycles. The van der Waals surface area contributed by atoms with Gasteiger partial charge in [0.25, 0.3) is 0 Å². The van der Waals surface area contributed by atoms with Crippen LogP contribution in [-0.2, 0) is 5.75 Å². The second-order valence-electron chi connectivity index (χ2n) is 4.49. The Labute approximate surface area is 122 Å². The Morgan fingerprint density at radius 3 is 2.89 bits per heavy atom. The van der Waals surface area contributed by atoms with Crippen LogP contribution in [0.4, 0.5) is 5.13 Å². The molecule has 0 saturated heterocycles. The summed E-state index contributed by atoms with van der Waals surface area (Å²) >= 11 is 3.48. The Kier molecular flexibility index (Phi) is 5.22. The van der Waals surface area contributed by atoms with Gasteiger partial charge in [-0.25, -0.2) is 0 Å². The zero-order valence-electron chi connectivity index (χ0n) is 11.6. The molecule has 102 valence electrons. The van der Waals surface area contributed by atoms with Gasteiger partial charge in [0, 0.05) is 11.4 Å². The lowest BCUT2D eigenvalue weighted by atomic mass is 10.2. The van der Waals surface area contributed by atoms with Crippen LogP contribution < -0.4 is 5.32 Å². The van der Waals surface area contributed by atoms with Gasteiger partial charge in [0.1, 0.15) is 5.01 Å². The zero-order valence-corrected chi connectivity index (χ0v) is 13.2. The number of rotatable bonds is 6. The Bertz CT molecular complexity index is 537. The van der Waals surface area contributed by atoms with Crippen LogP contribution in [0.5, 0.6) is 0 Å². The number of hydrogen-bond acceptors (Lipinski definition) is 5. The summed E-state index contributed by atoms with van der Waals surface area (Å²) in [5.74, 6) is 0.885. The monoisotopic (exact) mass is 293 g/mol. The van der Waals surface area contributed by atoms with Crippen LogP contribution in [0.1, 0.15) is 29.5 Å². The summed E-state index contributed by atoms with van der Waals surface area (Å²) in [5, 5.41) is 13.6. The molecule has 0 spiro atoms. The van der Waals surface area contributed by atoms with Gasteiger partial charge in [-0.15, -0.1) is 22.0 Å². The van der Waals surface area contributed by atoms with Gasteiger partial charge in [0.05, 0.1) is 5.75 Å². The highest BCUT2D eigenvalue weighted by Gasteiger charge is 2.06. The first kappa shape index (κ1) is 14.3. The van der Waals surface area contributed by atoms with E-state index < -0.39 is 0 Å². The summed E-state index contributed by atoms with van der Waals surface area (Å²) in [5.41, 5.74) is 2.63. The number of nitrogens with one attached hydrogen (secondary N) is 1. The van der Waals surface area contributed by atoms with E-state index >= 15 is 0 Å². The quantitative estimate of drug-likeness (QED) is 0.807. The van der Waals surface area contributed by atoms with E-state index in [1.165, 1.54) is 16.0 Å². The number of aromatic nitrogens is 2. The Balaban J connectivity index is 1.94. The van der Waals surface area contributed by atoms with Gasteiger partial charge < -0.3 is 5.32 Å². The van der Waals surface area contributed by atoms with Crippen molar-refractivity contribution in [3.8, 4) is 0 Å². The summed E-state index contributed by atoms with van der Waals surface area (Å²) in [6.07, 6.45) is 1.10. The number of hydrogen-bond donors (Lipinski definition) is 1. The highest BCUT2D eigenvalue weighted by atomic mass is 32.2. The van der Waals surface area contributed by atoms with E-state index in [1.54, 1.807) is 11.3 Å². The number of thioether (sulfide) groups is 1. The predicted octanol–water partition coefficient (Wildman–Crippen LogP) is 4.27. The first-order chi connectivity index (χ1) is 9.19. The molecule has 2 aromatic rings. The van der Waals surface area contributed by atoms with Crippen molar-refractivity contribution in [2.45, 2.75) is 37.8 Å². The van der Waals surface area contributed by atoms with Crippen molar-refractivity contribution in [3.63, 3.8) is 0 Å². The highest BCUT2D eigenvalue weighted by molar-refractivity contribution is 7.98. The molecule has 1 aromatic carbocycles. The van der Waals surface area contributed by atoms with E-state index in [0.717, 1.165) is 28.9 Å². The van der Waals surface area contributed by atoms with E-state index in [2.05, 4.69) is 54.5 Å². The molecule has 3 nitrogen and oxygen atoms in total. The summed E-state index contributed by atoms with van der Waals surface area (Å²) in [6.45, 7) is 7.38. The molecule has 2 rings (SSSR count). The molecule has 0 aliphatic rings. The first-order valence-electron chi connectivity index (χ1n) is 6.45. The van der Waals surface area contributed by atoms with Gasteiger partial charge in [-0.1, -0.05) is 36.0 Å². The molecule has 0 atom stereocenters. The average molecular weight is 293 g/mol. The lowest BCUT2D eigenvalue weighted by molar-refractivity contribution is 0.958. The topological polar surface area (TPSA) is 37.8 Å². The third-order valence-corrected chi connectivity index (χ3v) is 4.92.